The van der Waals surface area contributed by atoms with Gasteiger partial charge in [0.25, 0.3) is 0 Å². The van der Waals surface area contributed by atoms with E-state index in [2.05, 4.69) is 0 Å². The van der Waals surface area contributed by atoms with Crippen molar-refractivity contribution >= 4 is 21.9 Å². The summed E-state index contributed by atoms with van der Waals surface area (Å²) < 4.78 is 11.1. The fraction of sp³-hybridized carbons (Fsp3) is 0. The molecule has 0 atom stereocenters. The van der Waals surface area contributed by atoms with Crippen molar-refractivity contribution in [3.05, 3.63) is 65.0 Å². The Morgan fingerprint density at radius 3 is 2.62 bits per heavy atom. The molecule has 0 aliphatic carbocycles. The summed E-state index contributed by atoms with van der Waals surface area (Å²) in [5, 5.41) is 10.8. The SMILES string of the molecule is O=c1cc(-c2ccccc2)oc2c1c(O)cc1occc12. The molecule has 0 aliphatic heterocycles. The standard InChI is InChI=1S/C17H10O4/c18-12-8-14(10-4-2-1-3-5-10)21-17-11-6-7-20-15(11)9-13(19)16(12)17/h1-9,19H. The van der Waals surface area contributed by atoms with E-state index in [9.17, 15) is 9.90 Å². The van der Waals surface area contributed by atoms with Gasteiger partial charge in [0.05, 0.1) is 11.6 Å². The van der Waals surface area contributed by atoms with Crippen LogP contribution < -0.4 is 5.43 Å². The molecule has 0 saturated carbocycles. The number of fused-ring (bicyclic) bond motifs is 3. The van der Waals surface area contributed by atoms with Gasteiger partial charge in [0.2, 0.25) is 0 Å². The number of phenols is 1. The van der Waals surface area contributed by atoms with Crippen molar-refractivity contribution < 1.29 is 13.9 Å². The molecule has 21 heavy (non-hydrogen) atoms. The Kier molecular flexibility index (Phi) is 2.38. The molecule has 4 aromatic rings. The van der Waals surface area contributed by atoms with E-state index in [1.165, 1.54) is 18.4 Å². The number of furan rings is 1. The van der Waals surface area contributed by atoms with Crippen LogP contribution in [0.1, 0.15) is 0 Å². The fourth-order valence-corrected chi connectivity index (χ4v) is 2.49. The fourth-order valence-electron chi connectivity index (χ4n) is 2.49. The summed E-state index contributed by atoms with van der Waals surface area (Å²) in [5.41, 5.74) is 1.34. The Morgan fingerprint density at radius 1 is 1.00 bits per heavy atom. The number of phenolic OH excluding ortho intramolecular Hbond substituents is 1. The van der Waals surface area contributed by atoms with Crippen molar-refractivity contribution in [2.45, 2.75) is 0 Å². The van der Waals surface area contributed by atoms with Gasteiger partial charge in [-0.3, -0.25) is 4.79 Å². The molecule has 0 saturated heterocycles. The monoisotopic (exact) mass is 278 g/mol. The van der Waals surface area contributed by atoms with E-state index >= 15 is 0 Å². The van der Waals surface area contributed by atoms with Gasteiger partial charge < -0.3 is 13.9 Å². The summed E-state index contributed by atoms with van der Waals surface area (Å²) in [6.45, 7) is 0. The Bertz CT molecular complexity index is 1010. The topological polar surface area (TPSA) is 63.6 Å². The molecule has 0 spiro atoms. The number of hydrogen-bond donors (Lipinski definition) is 1. The van der Waals surface area contributed by atoms with Gasteiger partial charge >= 0.3 is 0 Å². The highest BCUT2D eigenvalue weighted by Crippen LogP contribution is 2.33. The Morgan fingerprint density at radius 2 is 1.81 bits per heavy atom. The van der Waals surface area contributed by atoms with Gasteiger partial charge in [0.15, 0.2) is 11.0 Å². The first kappa shape index (κ1) is 11.8. The third kappa shape index (κ3) is 1.73. The van der Waals surface area contributed by atoms with Crippen LogP contribution in [0.2, 0.25) is 0 Å². The second-order valence-electron chi connectivity index (χ2n) is 4.77. The zero-order valence-electron chi connectivity index (χ0n) is 10.9. The molecule has 2 heterocycles. The summed E-state index contributed by atoms with van der Waals surface area (Å²) in [4.78, 5) is 12.3. The molecule has 1 N–H and O–H groups in total. The molecule has 2 aromatic carbocycles. The highest BCUT2D eigenvalue weighted by molar-refractivity contribution is 6.05. The zero-order chi connectivity index (χ0) is 14.4. The average molecular weight is 278 g/mol. The molecule has 0 amide bonds. The number of hydrogen-bond acceptors (Lipinski definition) is 4. The number of aromatic hydroxyl groups is 1. The lowest BCUT2D eigenvalue weighted by molar-refractivity contribution is 0.479. The third-order valence-electron chi connectivity index (χ3n) is 3.47. The summed E-state index contributed by atoms with van der Waals surface area (Å²) in [7, 11) is 0. The van der Waals surface area contributed by atoms with Gasteiger partial charge in [-0.25, -0.2) is 0 Å². The van der Waals surface area contributed by atoms with Crippen LogP contribution in [0.5, 0.6) is 5.75 Å². The molecule has 4 rings (SSSR count). The maximum Gasteiger partial charge on any atom is 0.197 e. The molecule has 4 heteroatoms. The summed E-state index contributed by atoms with van der Waals surface area (Å²) in [5.74, 6) is 0.321. The normalized spacial score (nSPS) is 11.2. The van der Waals surface area contributed by atoms with Gasteiger partial charge in [-0.2, -0.15) is 0 Å². The van der Waals surface area contributed by atoms with Crippen molar-refractivity contribution in [3.63, 3.8) is 0 Å². The van der Waals surface area contributed by atoms with E-state index in [-0.39, 0.29) is 16.6 Å². The Labute approximate surface area is 118 Å². The summed E-state index contributed by atoms with van der Waals surface area (Å²) >= 11 is 0. The molecule has 0 unspecified atom stereocenters. The van der Waals surface area contributed by atoms with Gasteiger partial charge in [0.1, 0.15) is 22.5 Å². The molecule has 102 valence electrons. The molecule has 4 nitrogen and oxygen atoms in total. The van der Waals surface area contributed by atoms with Crippen LogP contribution in [0, 0.1) is 0 Å². The largest absolute Gasteiger partial charge is 0.507 e. The Hall–Kier alpha value is -3.01. The number of rotatable bonds is 1. The van der Waals surface area contributed by atoms with Crippen LogP contribution >= 0.6 is 0 Å². The van der Waals surface area contributed by atoms with Gasteiger partial charge in [-0.1, -0.05) is 30.3 Å². The lowest BCUT2D eigenvalue weighted by Gasteiger charge is -2.05. The lowest BCUT2D eigenvalue weighted by atomic mass is 10.1. The molecule has 0 radical (unpaired) electrons. The third-order valence-corrected chi connectivity index (χ3v) is 3.47. The van der Waals surface area contributed by atoms with Gasteiger partial charge in [0, 0.05) is 17.7 Å². The Balaban J connectivity index is 2.16. The van der Waals surface area contributed by atoms with Crippen LogP contribution in [0.15, 0.2) is 68.4 Å². The minimum absolute atomic E-state index is 0.138. The minimum Gasteiger partial charge on any atom is -0.507 e. The quantitative estimate of drug-likeness (QED) is 0.573. The molecule has 0 aliphatic rings. The van der Waals surface area contributed by atoms with Crippen LogP contribution in [0.4, 0.5) is 0 Å². The smallest absolute Gasteiger partial charge is 0.197 e. The first-order valence-electron chi connectivity index (χ1n) is 6.46. The van der Waals surface area contributed by atoms with Crippen molar-refractivity contribution in [2.24, 2.45) is 0 Å². The van der Waals surface area contributed by atoms with Crippen molar-refractivity contribution in [3.8, 4) is 17.1 Å². The van der Waals surface area contributed by atoms with E-state index in [4.69, 9.17) is 8.83 Å². The highest BCUT2D eigenvalue weighted by atomic mass is 16.3. The van der Waals surface area contributed by atoms with Gasteiger partial charge in [-0.05, 0) is 6.07 Å². The minimum atomic E-state index is -0.282. The zero-order valence-corrected chi connectivity index (χ0v) is 10.9. The predicted molar refractivity (Wildman–Crippen MR) is 79.4 cm³/mol. The molecule has 2 aromatic heterocycles. The highest BCUT2D eigenvalue weighted by Gasteiger charge is 2.15. The maximum atomic E-state index is 12.3. The molecular formula is C17H10O4. The average Bonchev–Trinajstić information content (AvgIpc) is 2.96. The van der Waals surface area contributed by atoms with Crippen LogP contribution in [0.3, 0.4) is 0 Å². The van der Waals surface area contributed by atoms with E-state index in [1.54, 1.807) is 6.07 Å². The van der Waals surface area contributed by atoms with E-state index in [0.717, 1.165) is 5.56 Å². The predicted octanol–water partition coefficient (Wildman–Crippen LogP) is 3.91. The van der Waals surface area contributed by atoms with E-state index < -0.39 is 0 Å². The van der Waals surface area contributed by atoms with Crippen molar-refractivity contribution in [1.82, 2.24) is 0 Å². The first-order valence-corrected chi connectivity index (χ1v) is 6.46. The van der Waals surface area contributed by atoms with Gasteiger partial charge in [-0.15, -0.1) is 0 Å². The van der Waals surface area contributed by atoms with Crippen molar-refractivity contribution in [2.75, 3.05) is 0 Å². The second-order valence-corrected chi connectivity index (χ2v) is 4.77. The lowest BCUT2D eigenvalue weighted by Crippen LogP contribution is -2.00. The summed E-state index contributed by atoms with van der Waals surface area (Å²) in [6, 6.07) is 13.9. The van der Waals surface area contributed by atoms with Crippen LogP contribution in [-0.4, -0.2) is 5.11 Å². The first-order chi connectivity index (χ1) is 10.2. The summed E-state index contributed by atoms with van der Waals surface area (Å²) in [6.07, 6.45) is 1.50. The molecule has 0 fully saturated rings. The maximum absolute atomic E-state index is 12.3. The molecular weight excluding hydrogens is 268 g/mol. The molecule has 0 bridgehead atoms. The second kappa shape index (κ2) is 4.24. The van der Waals surface area contributed by atoms with Crippen molar-refractivity contribution in [1.29, 1.82) is 0 Å². The number of benzene rings is 2. The van der Waals surface area contributed by atoms with E-state index in [1.807, 2.05) is 30.3 Å². The van der Waals surface area contributed by atoms with Crippen LogP contribution in [-0.2, 0) is 0 Å². The van der Waals surface area contributed by atoms with Crippen LogP contribution in [0.25, 0.3) is 33.3 Å². The van der Waals surface area contributed by atoms with E-state index in [0.29, 0.717) is 22.3 Å².